The van der Waals surface area contributed by atoms with Crippen molar-refractivity contribution < 1.29 is 9.90 Å². The molecule has 1 atom stereocenters. The molecule has 0 aliphatic rings. The summed E-state index contributed by atoms with van der Waals surface area (Å²) in [5, 5.41) is 9.13. The average Bonchev–Trinajstić information content (AvgIpc) is 2.35. The van der Waals surface area contributed by atoms with Crippen LogP contribution in [0.5, 0.6) is 0 Å². The Hall–Kier alpha value is -1.35. The first-order valence-corrected chi connectivity index (χ1v) is 6.00. The van der Waals surface area contributed by atoms with Crippen molar-refractivity contribution in [2.75, 3.05) is 13.7 Å². The predicted molar refractivity (Wildman–Crippen MR) is 68.5 cm³/mol. The van der Waals surface area contributed by atoms with Crippen LogP contribution in [0.15, 0.2) is 30.3 Å². The monoisotopic (exact) mass is 235 g/mol. The Kier molecular flexibility index (Phi) is 5.16. The van der Waals surface area contributed by atoms with Crippen LogP contribution in [0.3, 0.4) is 0 Å². The molecule has 1 N–H and O–H groups in total. The summed E-state index contributed by atoms with van der Waals surface area (Å²) < 4.78 is 0. The zero-order valence-electron chi connectivity index (χ0n) is 10.8. The van der Waals surface area contributed by atoms with E-state index in [-0.39, 0.29) is 24.5 Å². The Bertz CT molecular complexity index is 348. The Balaban J connectivity index is 2.90. The number of amides is 1. The number of benzene rings is 1. The number of carbonyl (C=O) groups excluding carboxylic acids is 1. The summed E-state index contributed by atoms with van der Waals surface area (Å²) in [6, 6.07) is 9.79. The molecule has 94 valence electrons. The van der Waals surface area contributed by atoms with Crippen molar-refractivity contribution in [2.24, 2.45) is 5.92 Å². The van der Waals surface area contributed by atoms with E-state index >= 15 is 0 Å². The molecule has 0 saturated heterocycles. The molecule has 0 aliphatic heterocycles. The fourth-order valence-corrected chi connectivity index (χ4v) is 1.94. The molecule has 1 amide bonds. The highest BCUT2D eigenvalue weighted by Gasteiger charge is 2.22. The highest BCUT2D eigenvalue weighted by molar-refractivity contribution is 5.78. The molecule has 1 aromatic rings. The second-order valence-electron chi connectivity index (χ2n) is 4.54. The molecule has 0 saturated carbocycles. The number of hydrogen-bond donors (Lipinski definition) is 1. The first-order chi connectivity index (χ1) is 8.07. The number of carbonyl (C=O) groups is 1. The van der Waals surface area contributed by atoms with Gasteiger partial charge in [-0.3, -0.25) is 4.79 Å². The molecule has 0 aliphatic carbocycles. The van der Waals surface area contributed by atoms with Gasteiger partial charge >= 0.3 is 0 Å². The number of aliphatic hydroxyl groups excluding tert-OH is 1. The Labute approximate surface area is 103 Å². The first kappa shape index (κ1) is 13.7. The van der Waals surface area contributed by atoms with Crippen LogP contribution in [-0.2, 0) is 4.79 Å². The molecule has 1 unspecified atom stereocenters. The van der Waals surface area contributed by atoms with Crippen LogP contribution in [0, 0.1) is 5.92 Å². The van der Waals surface area contributed by atoms with Crippen molar-refractivity contribution in [2.45, 2.75) is 26.3 Å². The van der Waals surface area contributed by atoms with Crippen molar-refractivity contribution in [1.82, 2.24) is 4.90 Å². The third-order valence-corrected chi connectivity index (χ3v) is 2.90. The standard InChI is InChI=1S/C14H21NO2/c1-11(2)14(17)15(3)13(9-10-16)12-7-5-4-6-8-12/h4-8,11,13,16H,9-10H2,1-3H3. The second-order valence-corrected chi connectivity index (χ2v) is 4.54. The van der Waals surface area contributed by atoms with Crippen LogP contribution in [0.4, 0.5) is 0 Å². The smallest absolute Gasteiger partial charge is 0.225 e. The van der Waals surface area contributed by atoms with Gasteiger partial charge in [0.1, 0.15) is 0 Å². The Morgan fingerprint density at radius 1 is 1.29 bits per heavy atom. The van der Waals surface area contributed by atoms with Gasteiger partial charge in [-0.2, -0.15) is 0 Å². The molecule has 1 rings (SSSR count). The average molecular weight is 235 g/mol. The normalized spacial score (nSPS) is 12.5. The minimum Gasteiger partial charge on any atom is -0.396 e. The van der Waals surface area contributed by atoms with E-state index in [2.05, 4.69) is 0 Å². The maximum absolute atomic E-state index is 12.0. The predicted octanol–water partition coefficient (Wildman–Crippen LogP) is 2.22. The summed E-state index contributed by atoms with van der Waals surface area (Å²) in [6.07, 6.45) is 0.568. The van der Waals surface area contributed by atoms with Gasteiger partial charge in [-0.1, -0.05) is 44.2 Å². The molecular weight excluding hydrogens is 214 g/mol. The molecular formula is C14H21NO2. The summed E-state index contributed by atoms with van der Waals surface area (Å²) in [5.41, 5.74) is 1.07. The van der Waals surface area contributed by atoms with Crippen LogP contribution in [0.25, 0.3) is 0 Å². The van der Waals surface area contributed by atoms with E-state index in [0.29, 0.717) is 6.42 Å². The van der Waals surface area contributed by atoms with Crippen molar-refractivity contribution in [3.8, 4) is 0 Å². The van der Waals surface area contributed by atoms with Crippen LogP contribution in [-0.4, -0.2) is 29.6 Å². The van der Waals surface area contributed by atoms with E-state index in [9.17, 15) is 4.79 Å². The van der Waals surface area contributed by atoms with E-state index in [1.165, 1.54) is 0 Å². The molecule has 0 bridgehead atoms. The Morgan fingerprint density at radius 3 is 2.35 bits per heavy atom. The fourth-order valence-electron chi connectivity index (χ4n) is 1.94. The van der Waals surface area contributed by atoms with Crippen molar-refractivity contribution in [3.05, 3.63) is 35.9 Å². The van der Waals surface area contributed by atoms with E-state index in [0.717, 1.165) is 5.56 Å². The zero-order valence-corrected chi connectivity index (χ0v) is 10.8. The summed E-state index contributed by atoms with van der Waals surface area (Å²) in [6.45, 7) is 3.86. The van der Waals surface area contributed by atoms with Gasteiger partial charge in [0.15, 0.2) is 0 Å². The minimum absolute atomic E-state index is 0.0232. The molecule has 0 heterocycles. The van der Waals surface area contributed by atoms with Crippen molar-refractivity contribution >= 4 is 5.91 Å². The number of hydrogen-bond acceptors (Lipinski definition) is 2. The van der Waals surface area contributed by atoms with E-state index in [1.54, 1.807) is 11.9 Å². The first-order valence-electron chi connectivity index (χ1n) is 6.00. The lowest BCUT2D eigenvalue weighted by molar-refractivity contribution is -0.135. The maximum Gasteiger partial charge on any atom is 0.225 e. The van der Waals surface area contributed by atoms with Gasteiger partial charge in [0.05, 0.1) is 6.04 Å². The van der Waals surface area contributed by atoms with Gasteiger partial charge in [-0.25, -0.2) is 0 Å². The van der Waals surface area contributed by atoms with Crippen LogP contribution >= 0.6 is 0 Å². The van der Waals surface area contributed by atoms with Crippen LogP contribution < -0.4 is 0 Å². The molecule has 0 spiro atoms. The summed E-state index contributed by atoms with van der Waals surface area (Å²) in [5.74, 6) is 0.0807. The topological polar surface area (TPSA) is 40.5 Å². The van der Waals surface area contributed by atoms with Gasteiger partial charge in [-0.05, 0) is 12.0 Å². The van der Waals surface area contributed by atoms with Crippen molar-refractivity contribution in [1.29, 1.82) is 0 Å². The lowest BCUT2D eigenvalue weighted by Gasteiger charge is -2.29. The Morgan fingerprint density at radius 2 is 1.88 bits per heavy atom. The maximum atomic E-state index is 12.0. The van der Waals surface area contributed by atoms with Crippen LogP contribution in [0.1, 0.15) is 31.9 Å². The number of nitrogens with zero attached hydrogens (tertiary/aromatic N) is 1. The quantitative estimate of drug-likeness (QED) is 0.850. The van der Waals surface area contributed by atoms with E-state index < -0.39 is 0 Å². The van der Waals surface area contributed by atoms with Gasteiger partial charge in [0, 0.05) is 19.6 Å². The second kappa shape index (κ2) is 6.40. The lowest BCUT2D eigenvalue weighted by atomic mass is 10.0. The molecule has 1 aromatic carbocycles. The highest BCUT2D eigenvalue weighted by Crippen LogP contribution is 2.23. The third kappa shape index (κ3) is 3.56. The molecule has 17 heavy (non-hydrogen) atoms. The molecule has 3 nitrogen and oxygen atoms in total. The lowest BCUT2D eigenvalue weighted by Crippen LogP contribution is -2.34. The van der Waals surface area contributed by atoms with Gasteiger partial charge in [-0.15, -0.1) is 0 Å². The van der Waals surface area contributed by atoms with E-state index in [1.807, 2.05) is 44.2 Å². The number of rotatable bonds is 5. The van der Waals surface area contributed by atoms with E-state index in [4.69, 9.17) is 5.11 Å². The minimum atomic E-state index is -0.0453. The number of aliphatic hydroxyl groups is 1. The zero-order chi connectivity index (χ0) is 12.8. The van der Waals surface area contributed by atoms with Gasteiger partial charge in [0.25, 0.3) is 0 Å². The molecule has 3 heteroatoms. The van der Waals surface area contributed by atoms with Gasteiger partial charge in [0.2, 0.25) is 5.91 Å². The van der Waals surface area contributed by atoms with Crippen molar-refractivity contribution in [3.63, 3.8) is 0 Å². The third-order valence-electron chi connectivity index (χ3n) is 2.90. The SMILES string of the molecule is CC(C)C(=O)N(C)C(CCO)c1ccccc1. The highest BCUT2D eigenvalue weighted by atomic mass is 16.3. The summed E-state index contributed by atoms with van der Waals surface area (Å²) in [7, 11) is 1.80. The van der Waals surface area contributed by atoms with Crippen LogP contribution in [0.2, 0.25) is 0 Å². The summed E-state index contributed by atoms with van der Waals surface area (Å²) in [4.78, 5) is 13.7. The molecule has 0 aromatic heterocycles. The fraction of sp³-hybridized carbons (Fsp3) is 0.500. The molecule has 0 radical (unpaired) electrons. The largest absolute Gasteiger partial charge is 0.396 e. The van der Waals surface area contributed by atoms with Gasteiger partial charge < -0.3 is 10.0 Å². The summed E-state index contributed by atoms with van der Waals surface area (Å²) >= 11 is 0. The molecule has 0 fully saturated rings.